The number of hydrogen-bond acceptors (Lipinski definition) is 2. The van der Waals surface area contributed by atoms with Crippen LogP contribution in [0.5, 0.6) is 0 Å². The maximum atomic E-state index is 12.6. The summed E-state index contributed by atoms with van der Waals surface area (Å²) < 4.78 is 0. The minimum atomic E-state index is -0.571. The Morgan fingerprint density at radius 3 is 2.28 bits per heavy atom. The van der Waals surface area contributed by atoms with Crippen molar-refractivity contribution < 1.29 is 9.90 Å². The van der Waals surface area contributed by atoms with E-state index in [0.717, 1.165) is 25.9 Å². The van der Waals surface area contributed by atoms with Crippen molar-refractivity contribution >= 4 is 5.91 Å². The second kappa shape index (κ2) is 4.84. The van der Waals surface area contributed by atoms with Gasteiger partial charge in [-0.1, -0.05) is 26.7 Å². The number of rotatable bonds is 1. The van der Waals surface area contributed by atoms with Gasteiger partial charge < -0.3 is 10.0 Å². The van der Waals surface area contributed by atoms with Crippen LogP contribution >= 0.6 is 0 Å². The van der Waals surface area contributed by atoms with Crippen LogP contribution in [0.2, 0.25) is 0 Å². The molecule has 0 aromatic rings. The van der Waals surface area contributed by atoms with Crippen molar-refractivity contribution in [2.75, 3.05) is 13.1 Å². The van der Waals surface area contributed by atoms with Gasteiger partial charge in [-0.15, -0.1) is 0 Å². The molecule has 0 spiro atoms. The van der Waals surface area contributed by atoms with Gasteiger partial charge in [0.1, 0.15) is 0 Å². The number of carbonyl (C=O) groups excluding carboxylic acids is 1. The first-order valence-electron chi connectivity index (χ1n) is 7.33. The maximum Gasteiger partial charge on any atom is 0.226 e. The molecule has 2 rings (SSSR count). The minimum Gasteiger partial charge on any atom is -0.390 e. The summed E-state index contributed by atoms with van der Waals surface area (Å²) in [5.41, 5.74) is -0.422. The zero-order valence-corrected chi connectivity index (χ0v) is 12.0. The molecule has 18 heavy (non-hydrogen) atoms. The molecule has 3 nitrogen and oxygen atoms in total. The highest BCUT2D eigenvalue weighted by Gasteiger charge is 2.40. The van der Waals surface area contributed by atoms with Gasteiger partial charge in [-0.3, -0.25) is 4.79 Å². The SMILES string of the molecule is CC1(O)CCN(C(=O)C2CCCCC2(C)C)CC1. The molecule has 1 unspecified atom stereocenters. The Labute approximate surface area is 111 Å². The fourth-order valence-electron chi connectivity index (χ4n) is 3.38. The Hall–Kier alpha value is -0.570. The van der Waals surface area contributed by atoms with Crippen LogP contribution < -0.4 is 0 Å². The highest BCUT2D eigenvalue weighted by molar-refractivity contribution is 5.79. The third-order valence-corrected chi connectivity index (χ3v) is 4.96. The summed E-state index contributed by atoms with van der Waals surface area (Å²) in [4.78, 5) is 14.6. The van der Waals surface area contributed by atoms with E-state index in [1.54, 1.807) is 0 Å². The molecule has 3 heteroatoms. The van der Waals surface area contributed by atoms with E-state index in [1.165, 1.54) is 12.8 Å². The molecule has 0 bridgehead atoms. The van der Waals surface area contributed by atoms with Crippen molar-refractivity contribution in [1.29, 1.82) is 0 Å². The minimum absolute atomic E-state index is 0.148. The molecular formula is C15H27NO2. The van der Waals surface area contributed by atoms with E-state index in [0.29, 0.717) is 18.7 Å². The Morgan fingerprint density at radius 1 is 1.11 bits per heavy atom. The molecule has 1 heterocycles. The molecule has 1 aliphatic heterocycles. The normalized spacial score (nSPS) is 31.1. The van der Waals surface area contributed by atoms with Gasteiger partial charge in [0.25, 0.3) is 0 Å². The number of carbonyl (C=O) groups is 1. The monoisotopic (exact) mass is 253 g/mol. The molecular weight excluding hydrogens is 226 g/mol. The van der Waals surface area contributed by atoms with Crippen LogP contribution in [0.15, 0.2) is 0 Å². The van der Waals surface area contributed by atoms with Crippen molar-refractivity contribution in [3.8, 4) is 0 Å². The summed E-state index contributed by atoms with van der Waals surface area (Å²) in [6.07, 6.45) is 6.07. The maximum absolute atomic E-state index is 12.6. The molecule has 1 saturated heterocycles. The summed E-state index contributed by atoms with van der Waals surface area (Å²) in [6.45, 7) is 7.78. The molecule has 2 aliphatic rings. The van der Waals surface area contributed by atoms with Gasteiger partial charge in [-0.05, 0) is 38.0 Å². The summed E-state index contributed by atoms with van der Waals surface area (Å²) >= 11 is 0. The summed E-state index contributed by atoms with van der Waals surface area (Å²) in [5, 5.41) is 9.95. The van der Waals surface area contributed by atoms with Crippen molar-refractivity contribution in [3.05, 3.63) is 0 Å². The standard InChI is InChI=1S/C15H27NO2/c1-14(2)7-5-4-6-12(14)13(17)16-10-8-15(3,18)9-11-16/h12,18H,4-11H2,1-3H3. The molecule has 1 aliphatic carbocycles. The molecule has 0 aromatic heterocycles. The summed E-state index contributed by atoms with van der Waals surface area (Å²) in [7, 11) is 0. The molecule has 0 aromatic carbocycles. The van der Waals surface area contributed by atoms with E-state index in [9.17, 15) is 9.90 Å². The van der Waals surface area contributed by atoms with E-state index in [2.05, 4.69) is 13.8 Å². The Morgan fingerprint density at radius 2 is 1.72 bits per heavy atom. The van der Waals surface area contributed by atoms with Gasteiger partial charge in [0, 0.05) is 19.0 Å². The number of aliphatic hydroxyl groups is 1. The first kappa shape index (κ1) is 13.9. The van der Waals surface area contributed by atoms with E-state index in [-0.39, 0.29) is 11.3 Å². The van der Waals surface area contributed by atoms with E-state index >= 15 is 0 Å². The summed E-state index contributed by atoms with van der Waals surface area (Å²) in [6, 6.07) is 0. The average molecular weight is 253 g/mol. The van der Waals surface area contributed by atoms with Gasteiger partial charge in [-0.2, -0.15) is 0 Å². The quantitative estimate of drug-likeness (QED) is 0.780. The largest absolute Gasteiger partial charge is 0.390 e. The first-order chi connectivity index (χ1) is 8.32. The van der Waals surface area contributed by atoms with Gasteiger partial charge in [0.2, 0.25) is 5.91 Å². The lowest BCUT2D eigenvalue weighted by Gasteiger charge is -2.43. The molecule has 0 radical (unpaired) electrons. The zero-order valence-electron chi connectivity index (χ0n) is 12.0. The molecule has 1 N–H and O–H groups in total. The highest BCUT2D eigenvalue weighted by atomic mass is 16.3. The summed E-state index contributed by atoms with van der Waals surface area (Å²) in [5.74, 6) is 0.518. The van der Waals surface area contributed by atoms with E-state index < -0.39 is 5.60 Å². The lowest BCUT2D eigenvalue weighted by molar-refractivity contribution is -0.144. The number of piperidine rings is 1. The lowest BCUT2D eigenvalue weighted by atomic mass is 9.68. The number of likely N-dealkylation sites (tertiary alicyclic amines) is 1. The van der Waals surface area contributed by atoms with E-state index in [1.807, 2.05) is 11.8 Å². The van der Waals surface area contributed by atoms with Gasteiger partial charge in [0.05, 0.1) is 5.60 Å². The Kier molecular flexibility index (Phi) is 3.72. The smallest absolute Gasteiger partial charge is 0.226 e. The van der Waals surface area contributed by atoms with Crippen molar-refractivity contribution in [2.24, 2.45) is 11.3 Å². The predicted molar refractivity (Wildman–Crippen MR) is 72.2 cm³/mol. The topological polar surface area (TPSA) is 40.5 Å². The van der Waals surface area contributed by atoms with Crippen LogP contribution in [0.1, 0.15) is 59.3 Å². The number of nitrogens with zero attached hydrogens (tertiary/aromatic N) is 1. The van der Waals surface area contributed by atoms with Crippen LogP contribution in [0, 0.1) is 11.3 Å². The predicted octanol–water partition coefficient (Wildman–Crippen LogP) is 2.58. The zero-order chi connectivity index (χ0) is 13.4. The number of amides is 1. The van der Waals surface area contributed by atoms with Crippen LogP contribution in [0.25, 0.3) is 0 Å². The Balaban J connectivity index is 1.99. The third-order valence-electron chi connectivity index (χ3n) is 4.96. The second-order valence-corrected chi connectivity index (χ2v) is 7.11. The molecule has 1 atom stereocenters. The molecule has 1 saturated carbocycles. The van der Waals surface area contributed by atoms with Crippen LogP contribution in [-0.4, -0.2) is 34.6 Å². The fourth-order valence-corrected chi connectivity index (χ4v) is 3.38. The average Bonchev–Trinajstić information content (AvgIpc) is 2.27. The van der Waals surface area contributed by atoms with Crippen molar-refractivity contribution in [3.63, 3.8) is 0 Å². The molecule has 1 amide bonds. The van der Waals surface area contributed by atoms with Crippen LogP contribution in [0.3, 0.4) is 0 Å². The highest BCUT2D eigenvalue weighted by Crippen LogP contribution is 2.41. The Bertz CT molecular complexity index is 312. The van der Waals surface area contributed by atoms with Crippen LogP contribution in [-0.2, 0) is 4.79 Å². The third kappa shape index (κ3) is 2.87. The van der Waals surface area contributed by atoms with Gasteiger partial charge in [-0.25, -0.2) is 0 Å². The van der Waals surface area contributed by atoms with E-state index in [4.69, 9.17) is 0 Å². The van der Waals surface area contributed by atoms with Gasteiger partial charge >= 0.3 is 0 Å². The van der Waals surface area contributed by atoms with Crippen molar-refractivity contribution in [1.82, 2.24) is 4.90 Å². The lowest BCUT2D eigenvalue weighted by Crippen LogP contribution is -2.50. The van der Waals surface area contributed by atoms with Crippen molar-refractivity contribution in [2.45, 2.75) is 64.9 Å². The first-order valence-corrected chi connectivity index (χ1v) is 7.33. The molecule has 104 valence electrons. The second-order valence-electron chi connectivity index (χ2n) is 7.11. The van der Waals surface area contributed by atoms with Gasteiger partial charge in [0.15, 0.2) is 0 Å². The van der Waals surface area contributed by atoms with Crippen LogP contribution in [0.4, 0.5) is 0 Å². The number of hydrogen-bond donors (Lipinski definition) is 1. The fraction of sp³-hybridized carbons (Fsp3) is 0.933. The molecule has 2 fully saturated rings.